The van der Waals surface area contributed by atoms with Crippen molar-refractivity contribution >= 4 is 22.8 Å². The largest absolute Gasteiger partial charge is 0.322 e. The lowest BCUT2D eigenvalue weighted by Crippen LogP contribution is -2.29. The average Bonchev–Trinajstić information content (AvgIpc) is 2.60. The van der Waals surface area contributed by atoms with Gasteiger partial charge in [-0.25, -0.2) is 0 Å². The Hall–Kier alpha value is -1.07. The van der Waals surface area contributed by atoms with Crippen LogP contribution in [0, 0.1) is 0 Å². The zero-order valence-corrected chi connectivity index (χ0v) is 11.7. The molecule has 0 fully saturated rings. The molecule has 5 heteroatoms. The van der Waals surface area contributed by atoms with Crippen molar-refractivity contribution < 1.29 is 0 Å². The van der Waals surface area contributed by atoms with Crippen LogP contribution in [0.1, 0.15) is 45.9 Å². The van der Waals surface area contributed by atoms with Crippen LogP contribution in [0.15, 0.2) is 6.20 Å². The van der Waals surface area contributed by atoms with Crippen LogP contribution in [0.25, 0.3) is 11.0 Å². The third-order valence-electron chi connectivity index (χ3n) is 2.70. The van der Waals surface area contributed by atoms with Gasteiger partial charge in [-0.15, -0.1) is 0 Å². The molecule has 2 heterocycles. The van der Waals surface area contributed by atoms with Crippen LogP contribution in [0.3, 0.4) is 0 Å². The smallest absolute Gasteiger partial charge is 0.127 e. The predicted octanol–water partition coefficient (Wildman–Crippen LogP) is 2.58. The Bertz CT molecular complexity index is 498. The van der Waals surface area contributed by atoms with Crippen LogP contribution in [0.2, 0.25) is 0 Å². The molecule has 0 radical (unpaired) electrons. The van der Waals surface area contributed by atoms with Crippen LogP contribution in [-0.4, -0.2) is 13.7 Å². The summed E-state index contributed by atoms with van der Waals surface area (Å²) in [5, 5.41) is 0. The van der Waals surface area contributed by atoms with E-state index in [0.717, 1.165) is 22.3 Å². The minimum atomic E-state index is -0.447. The second kappa shape index (κ2) is 3.71. The van der Waals surface area contributed by atoms with Crippen molar-refractivity contribution in [3.05, 3.63) is 17.5 Å². The summed E-state index contributed by atoms with van der Waals surface area (Å²) in [6, 6.07) is 0. The fourth-order valence-electron chi connectivity index (χ4n) is 1.79. The normalized spacial score (nSPS) is 13.3. The van der Waals surface area contributed by atoms with Crippen molar-refractivity contribution in [1.29, 1.82) is 0 Å². The van der Waals surface area contributed by atoms with Gasteiger partial charge in [-0.05, 0) is 13.8 Å². The van der Waals surface area contributed by atoms with Crippen molar-refractivity contribution in [1.82, 2.24) is 13.7 Å². The molecule has 4 nitrogen and oxygen atoms in total. The van der Waals surface area contributed by atoms with E-state index in [1.165, 1.54) is 11.7 Å². The van der Waals surface area contributed by atoms with E-state index in [1.807, 2.05) is 20.0 Å². The molecule has 0 spiro atoms. The van der Waals surface area contributed by atoms with E-state index in [9.17, 15) is 0 Å². The summed E-state index contributed by atoms with van der Waals surface area (Å²) >= 11 is 1.22. The van der Waals surface area contributed by atoms with Crippen molar-refractivity contribution in [2.75, 3.05) is 0 Å². The molecule has 92 valence electrons. The highest BCUT2D eigenvalue weighted by atomic mass is 32.1. The predicted molar refractivity (Wildman–Crippen MR) is 71.1 cm³/mol. The minimum absolute atomic E-state index is 0.0364. The molecule has 0 saturated heterocycles. The lowest BCUT2D eigenvalue weighted by atomic mass is 9.88. The summed E-state index contributed by atoms with van der Waals surface area (Å²) in [6.07, 6.45) is 1.84. The van der Waals surface area contributed by atoms with E-state index in [0.29, 0.717) is 0 Å². The van der Waals surface area contributed by atoms with Gasteiger partial charge in [-0.2, -0.15) is 8.75 Å². The van der Waals surface area contributed by atoms with Gasteiger partial charge < -0.3 is 5.73 Å². The standard InChI is InChI=1S/C12H18N4S/c1-11(2,3)10-9-8(15-17-16-9)7(6-14-10)12(4,5)13/h6H,13H2,1-5H3. The molecule has 0 atom stereocenters. The first kappa shape index (κ1) is 12.4. The molecule has 2 rings (SSSR count). The topological polar surface area (TPSA) is 64.7 Å². The first-order valence-electron chi connectivity index (χ1n) is 5.62. The van der Waals surface area contributed by atoms with Gasteiger partial charge in [0.2, 0.25) is 0 Å². The highest BCUT2D eigenvalue weighted by molar-refractivity contribution is 7.00. The second-order valence-corrected chi connectivity index (χ2v) is 6.48. The Morgan fingerprint density at radius 1 is 1.06 bits per heavy atom. The number of fused-ring (bicyclic) bond motifs is 1. The molecule has 0 aliphatic carbocycles. The summed E-state index contributed by atoms with van der Waals surface area (Å²) in [5.74, 6) is 0. The molecule has 0 bridgehead atoms. The maximum atomic E-state index is 6.14. The van der Waals surface area contributed by atoms with Crippen LogP contribution in [0.5, 0.6) is 0 Å². The molecule has 0 amide bonds. The molecule has 17 heavy (non-hydrogen) atoms. The van der Waals surface area contributed by atoms with Gasteiger partial charge in [0.25, 0.3) is 0 Å². The number of hydrogen-bond donors (Lipinski definition) is 1. The molecule has 2 aromatic heterocycles. The van der Waals surface area contributed by atoms with E-state index in [-0.39, 0.29) is 5.41 Å². The number of rotatable bonds is 1. The molecule has 2 N–H and O–H groups in total. The van der Waals surface area contributed by atoms with Crippen LogP contribution in [0.4, 0.5) is 0 Å². The lowest BCUT2D eigenvalue weighted by Gasteiger charge is -2.22. The summed E-state index contributed by atoms with van der Waals surface area (Å²) in [7, 11) is 0. The van der Waals surface area contributed by atoms with E-state index < -0.39 is 5.54 Å². The quantitative estimate of drug-likeness (QED) is 0.845. The van der Waals surface area contributed by atoms with E-state index in [4.69, 9.17) is 5.73 Å². The number of nitrogens with two attached hydrogens (primary N) is 1. The van der Waals surface area contributed by atoms with Crippen LogP contribution < -0.4 is 5.73 Å². The molecular formula is C12H18N4S. The Balaban J connectivity index is 2.76. The fourth-order valence-corrected chi connectivity index (χ4v) is 2.35. The average molecular weight is 250 g/mol. The zero-order valence-electron chi connectivity index (χ0n) is 10.9. The zero-order chi connectivity index (χ0) is 12.8. The molecule has 0 saturated carbocycles. The van der Waals surface area contributed by atoms with Gasteiger partial charge in [-0.1, -0.05) is 20.8 Å². The Labute approximate surface area is 106 Å². The fraction of sp³-hybridized carbons (Fsp3) is 0.583. The van der Waals surface area contributed by atoms with Crippen LogP contribution >= 0.6 is 11.7 Å². The molecule has 0 aliphatic heterocycles. The van der Waals surface area contributed by atoms with Gasteiger partial charge >= 0.3 is 0 Å². The van der Waals surface area contributed by atoms with E-state index in [2.05, 4.69) is 34.5 Å². The summed E-state index contributed by atoms with van der Waals surface area (Å²) < 4.78 is 8.74. The molecule has 0 aromatic carbocycles. The minimum Gasteiger partial charge on any atom is -0.322 e. The first-order chi connectivity index (χ1) is 7.71. The van der Waals surface area contributed by atoms with Crippen molar-refractivity contribution in [2.45, 2.75) is 45.6 Å². The van der Waals surface area contributed by atoms with Crippen LogP contribution in [-0.2, 0) is 11.0 Å². The highest BCUT2D eigenvalue weighted by Crippen LogP contribution is 2.31. The van der Waals surface area contributed by atoms with Crippen molar-refractivity contribution in [3.8, 4) is 0 Å². The Kier molecular flexibility index (Phi) is 2.71. The Morgan fingerprint density at radius 3 is 2.18 bits per heavy atom. The number of hydrogen-bond acceptors (Lipinski definition) is 5. The number of nitrogens with zero attached hydrogens (tertiary/aromatic N) is 3. The summed E-state index contributed by atoms with van der Waals surface area (Å²) in [6.45, 7) is 10.3. The van der Waals surface area contributed by atoms with Crippen molar-refractivity contribution in [3.63, 3.8) is 0 Å². The summed E-state index contributed by atoms with van der Waals surface area (Å²) in [4.78, 5) is 4.54. The first-order valence-corrected chi connectivity index (χ1v) is 6.35. The number of aromatic nitrogens is 3. The lowest BCUT2D eigenvalue weighted by molar-refractivity contribution is 0.547. The Morgan fingerprint density at radius 2 is 1.65 bits per heavy atom. The van der Waals surface area contributed by atoms with E-state index >= 15 is 0 Å². The maximum Gasteiger partial charge on any atom is 0.127 e. The SMILES string of the molecule is CC(C)(C)c1ncc(C(C)(C)N)c2nsnc12. The highest BCUT2D eigenvalue weighted by Gasteiger charge is 2.26. The van der Waals surface area contributed by atoms with Gasteiger partial charge in [-0.3, -0.25) is 4.98 Å². The molecule has 2 aromatic rings. The molecule has 0 unspecified atom stereocenters. The maximum absolute atomic E-state index is 6.14. The third kappa shape index (κ3) is 2.17. The van der Waals surface area contributed by atoms with Gasteiger partial charge in [0.15, 0.2) is 0 Å². The second-order valence-electron chi connectivity index (χ2n) is 5.95. The van der Waals surface area contributed by atoms with Crippen molar-refractivity contribution in [2.24, 2.45) is 5.73 Å². The monoisotopic (exact) mass is 250 g/mol. The third-order valence-corrected chi connectivity index (χ3v) is 3.22. The number of pyridine rings is 1. The van der Waals surface area contributed by atoms with Gasteiger partial charge in [0.05, 0.1) is 17.4 Å². The van der Waals surface area contributed by atoms with E-state index in [1.54, 1.807) is 0 Å². The molecular weight excluding hydrogens is 232 g/mol. The van der Waals surface area contributed by atoms with Gasteiger partial charge in [0.1, 0.15) is 11.0 Å². The molecule has 0 aliphatic rings. The summed E-state index contributed by atoms with van der Waals surface area (Å²) in [5.41, 5.74) is 9.37. The van der Waals surface area contributed by atoms with Gasteiger partial charge in [0, 0.05) is 22.7 Å².